The van der Waals surface area contributed by atoms with Gasteiger partial charge >= 0.3 is 0 Å². The van der Waals surface area contributed by atoms with Crippen LogP contribution in [0.2, 0.25) is 5.02 Å². The first kappa shape index (κ1) is 23.1. The SMILES string of the molecule is CCN(CC)c1ccc(-c2nc(-n3ncc4ccc(C)cc43)nc(-n3ncc4ccc(Cl)cc43)n2)cc1. The smallest absolute Gasteiger partial charge is 0.256 e. The molecule has 0 radical (unpaired) electrons. The minimum absolute atomic E-state index is 0.390. The van der Waals surface area contributed by atoms with E-state index in [1.807, 2.05) is 42.6 Å². The van der Waals surface area contributed by atoms with Gasteiger partial charge in [0.05, 0.1) is 23.4 Å². The van der Waals surface area contributed by atoms with E-state index in [1.54, 1.807) is 15.6 Å². The maximum atomic E-state index is 6.31. The van der Waals surface area contributed by atoms with Crippen LogP contribution < -0.4 is 4.90 Å². The lowest BCUT2D eigenvalue weighted by Crippen LogP contribution is -2.21. The highest BCUT2D eigenvalue weighted by atomic mass is 35.5. The van der Waals surface area contributed by atoms with Crippen molar-refractivity contribution in [3.8, 4) is 23.3 Å². The van der Waals surface area contributed by atoms with Gasteiger partial charge in [-0.3, -0.25) is 0 Å². The third kappa shape index (κ3) is 4.19. The molecule has 0 aliphatic carbocycles. The molecule has 9 heteroatoms. The van der Waals surface area contributed by atoms with Crippen LogP contribution in [-0.2, 0) is 0 Å². The van der Waals surface area contributed by atoms with Gasteiger partial charge in [-0.1, -0.05) is 23.7 Å². The maximum absolute atomic E-state index is 6.31. The van der Waals surface area contributed by atoms with Gasteiger partial charge in [0.15, 0.2) is 5.82 Å². The molecule has 6 aromatic rings. The number of benzene rings is 3. The molecular formula is C28H25ClN8. The third-order valence-corrected chi connectivity index (χ3v) is 6.74. The summed E-state index contributed by atoms with van der Waals surface area (Å²) in [6.45, 7) is 8.24. The highest BCUT2D eigenvalue weighted by Gasteiger charge is 2.17. The molecule has 3 aromatic carbocycles. The minimum atomic E-state index is 0.390. The summed E-state index contributed by atoms with van der Waals surface area (Å²) in [7, 11) is 0. The Hall–Kier alpha value is -4.30. The van der Waals surface area contributed by atoms with Crippen LogP contribution in [0.3, 0.4) is 0 Å². The number of fused-ring (bicyclic) bond motifs is 2. The van der Waals surface area contributed by atoms with Gasteiger partial charge in [-0.25, -0.2) is 0 Å². The Morgan fingerprint density at radius 1 is 0.730 bits per heavy atom. The number of aryl methyl sites for hydroxylation is 1. The second-order valence-corrected chi connectivity index (χ2v) is 9.29. The largest absolute Gasteiger partial charge is 0.372 e. The van der Waals surface area contributed by atoms with Gasteiger partial charge in [0.25, 0.3) is 11.9 Å². The molecule has 8 nitrogen and oxygen atoms in total. The fourth-order valence-electron chi connectivity index (χ4n) is 4.52. The van der Waals surface area contributed by atoms with E-state index in [0.29, 0.717) is 22.7 Å². The normalized spacial score (nSPS) is 11.5. The van der Waals surface area contributed by atoms with E-state index in [1.165, 1.54) is 0 Å². The first-order valence-corrected chi connectivity index (χ1v) is 12.6. The van der Waals surface area contributed by atoms with Gasteiger partial charge in [-0.05, 0) is 74.9 Å². The molecule has 184 valence electrons. The van der Waals surface area contributed by atoms with Crippen molar-refractivity contribution in [3.63, 3.8) is 0 Å². The highest BCUT2D eigenvalue weighted by Crippen LogP contribution is 2.26. The van der Waals surface area contributed by atoms with Crippen molar-refractivity contribution in [1.82, 2.24) is 34.5 Å². The molecule has 3 heterocycles. The third-order valence-electron chi connectivity index (χ3n) is 6.50. The van der Waals surface area contributed by atoms with Crippen LogP contribution in [0.1, 0.15) is 19.4 Å². The summed E-state index contributed by atoms with van der Waals surface area (Å²) >= 11 is 6.31. The summed E-state index contributed by atoms with van der Waals surface area (Å²) in [4.78, 5) is 16.8. The van der Waals surface area contributed by atoms with Gasteiger partial charge in [0.1, 0.15) is 0 Å². The summed E-state index contributed by atoms with van der Waals surface area (Å²) in [5.74, 6) is 1.34. The van der Waals surface area contributed by atoms with Gasteiger partial charge in [-0.2, -0.15) is 34.5 Å². The van der Waals surface area contributed by atoms with Crippen molar-refractivity contribution in [2.24, 2.45) is 0 Å². The molecule has 6 rings (SSSR count). The van der Waals surface area contributed by atoms with Crippen molar-refractivity contribution in [2.75, 3.05) is 18.0 Å². The van der Waals surface area contributed by atoms with Gasteiger partial charge in [-0.15, -0.1) is 0 Å². The molecule has 3 aromatic heterocycles. The lowest BCUT2D eigenvalue weighted by molar-refractivity contribution is 0.769. The van der Waals surface area contributed by atoms with E-state index in [4.69, 9.17) is 26.6 Å². The quantitative estimate of drug-likeness (QED) is 0.273. The Balaban J connectivity index is 1.55. The first-order chi connectivity index (χ1) is 18.0. The Labute approximate surface area is 219 Å². The van der Waals surface area contributed by atoms with Crippen LogP contribution in [-0.4, -0.2) is 47.6 Å². The summed E-state index contributed by atoms with van der Waals surface area (Å²) < 4.78 is 3.44. The van der Waals surface area contributed by atoms with E-state index in [9.17, 15) is 0 Å². The molecule has 0 saturated heterocycles. The van der Waals surface area contributed by atoms with E-state index >= 15 is 0 Å². The number of anilines is 1. The molecule has 0 saturated carbocycles. The molecular weight excluding hydrogens is 484 g/mol. The van der Waals surface area contributed by atoms with E-state index < -0.39 is 0 Å². The number of nitrogens with zero attached hydrogens (tertiary/aromatic N) is 8. The average molecular weight is 509 g/mol. The maximum Gasteiger partial charge on any atom is 0.256 e. The van der Waals surface area contributed by atoms with Crippen LogP contribution in [0.4, 0.5) is 5.69 Å². The van der Waals surface area contributed by atoms with Crippen LogP contribution in [0.15, 0.2) is 73.1 Å². The van der Waals surface area contributed by atoms with Crippen molar-refractivity contribution in [1.29, 1.82) is 0 Å². The molecule has 0 fully saturated rings. The Morgan fingerprint density at radius 2 is 1.32 bits per heavy atom. The Kier molecular flexibility index (Phi) is 5.81. The zero-order chi connectivity index (χ0) is 25.5. The monoisotopic (exact) mass is 508 g/mol. The predicted molar refractivity (Wildman–Crippen MR) is 148 cm³/mol. The number of hydrogen-bond acceptors (Lipinski definition) is 6. The minimum Gasteiger partial charge on any atom is -0.372 e. The molecule has 0 N–H and O–H groups in total. The molecule has 0 atom stereocenters. The molecule has 0 spiro atoms. The van der Waals surface area contributed by atoms with Gasteiger partial charge in [0.2, 0.25) is 0 Å². The van der Waals surface area contributed by atoms with Gasteiger partial charge in [0, 0.05) is 40.1 Å². The van der Waals surface area contributed by atoms with Crippen LogP contribution >= 0.6 is 11.6 Å². The summed E-state index contributed by atoms with van der Waals surface area (Å²) in [6.07, 6.45) is 3.60. The standard InChI is InChI=1S/C28H25ClN8/c1-4-35(5-2)23-12-9-19(10-13-23)26-32-27(36-24-14-18(3)6-7-20(24)16-30-36)34-28(33-26)37-25-15-22(29)11-8-21(25)17-31-37/h6-17H,4-5H2,1-3H3. The van der Waals surface area contributed by atoms with Crippen LogP contribution in [0, 0.1) is 6.92 Å². The number of rotatable bonds is 6. The van der Waals surface area contributed by atoms with Crippen LogP contribution in [0.25, 0.3) is 45.1 Å². The highest BCUT2D eigenvalue weighted by molar-refractivity contribution is 6.31. The molecule has 0 unspecified atom stereocenters. The summed E-state index contributed by atoms with van der Waals surface area (Å²) in [5.41, 5.74) is 4.90. The number of aromatic nitrogens is 7. The zero-order valence-corrected chi connectivity index (χ0v) is 21.6. The predicted octanol–water partition coefficient (Wildman–Crippen LogP) is 6.02. The topological polar surface area (TPSA) is 77.5 Å². The van der Waals surface area contributed by atoms with Crippen molar-refractivity contribution < 1.29 is 0 Å². The zero-order valence-electron chi connectivity index (χ0n) is 20.8. The fraction of sp³-hybridized carbons (Fsp3) is 0.179. The lowest BCUT2D eigenvalue weighted by atomic mass is 10.2. The second kappa shape index (κ2) is 9.29. The average Bonchev–Trinajstić information content (AvgIpc) is 3.53. The van der Waals surface area contributed by atoms with E-state index in [2.05, 4.69) is 60.1 Å². The summed E-state index contributed by atoms with van der Waals surface area (Å²) in [5, 5.41) is 11.7. The van der Waals surface area contributed by atoms with E-state index in [-0.39, 0.29) is 0 Å². The number of hydrogen-bond donors (Lipinski definition) is 0. The molecule has 37 heavy (non-hydrogen) atoms. The molecule has 0 amide bonds. The van der Waals surface area contributed by atoms with Crippen molar-refractivity contribution in [3.05, 3.63) is 83.6 Å². The first-order valence-electron chi connectivity index (χ1n) is 12.2. The Bertz CT molecular complexity index is 1630. The van der Waals surface area contributed by atoms with E-state index in [0.717, 1.165) is 51.7 Å². The Morgan fingerprint density at radius 3 is 1.95 bits per heavy atom. The molecule has 0 aliphatic rings. The number of halogens is 1. The second-order valence-electron chi connectivity index (χ2n) is 8.86. The fourth-order valence-corrected chi connectivity index (χ4v) is 4.69. The molecule has 0 bridgehead atoms. The lowest BCUT2D eigenvalue weighted by Gasteiger charge is -2.21. The molecule has 0 aliphatic heterocycles. The van der Waals surface area contributed by atoms with Gasteiger partial charge < -0.3 is 4.90 Å². The van der Waals surface area contributed by atoms with Crippen LogP contribution in [0.5, 0.6) is 0 Å². The van der Waals surface area contributed by atoms with Crippen molar-refractivity contribution >= 4 is 39.1 Å². The van der Waals surface area contributed by atoms with Crippen molar-refractivity contribution in [2.45, 2.75) is 20.8 Å². The summed E-state index contributed by atoms with van der Waals surface area (Å²) in [6, 6.07) is 20.1.